The van der Waals surface area contributed by atoms with E-state index in [-0.39, 0.29) is 30.9 Å². The minimum Gasteiger partial charge on any atom is -0.459 e. The van der Waals surface area contributed by atoms with Crippen molar-refractivity contribution in [1.29, 1.82) is 0 Å². The third kappa shape index (κ3) is 15.6. The smallest absolute Gasteiger partial charge is 0.433 e. The molecule has 0 saturated carbocycles. The van der Waals surface area contributed by atoms with Gasteiger partial charge in [0.15, 0.2) is 5.78 Å². The lowest BCUT2D eigenvalue weighted by Gasteiger charge is -2.23. The maximum Gasteiger partial charge on any atom is 0.433 e. The van der Waals surface area contributed by atoms with Gasteiger partial charge in [0.05, 0.1) is 11.6 Å². The Labute approximate surface area is 248 Å². The number of carbonyl (C=O) groups excluding carboxylic acids is 4. The van der Waals surface area contributed by atoms with Gasteiger partial charge in [0.1, 0.15) is 30.0 Å². The Morgan fingerprint density at radius 3 is 2.10 bits per heavy atom. The fourth-order valence-corrected chi connectivity index (χ4v) is 3.15. The Kier molecular flexibility index (Phi) is 13.4. The fourth-order valence-electron chi connectivity index (χ4n) is 3.15. The average molecular weight is 583 g/mol. The summed E-state index contributed by atoms with van der Waals surface area (Å²) < 4.78 is 21.1. The van der Waals surface area contributed by atoms with Crippen LogP contribution in [0.2, 0.25) is 0 Å². The number of nitrogens with one attached hydrogen (secondary N) is 1. The Balaban J connectivity index is 3.38. The van der Waals surface area contributed by atoms with Crippen LogP contribution in [0.1, 0.15) is 84.7 Å². The van der Waals surface area contributed by atoms with Crippen LogP contribution in [0, 0.1) is 30.1 Å². The quantitative estimate of drug-likeness (QED) is 0.0971. The number of ketones is 1. The van der Waals surface area contributed by atoms with Gasteiger partial charge in [-0.05, 0) is 80.0 Å². The molecule has 0 aliphatic heterocycles. The van der Waals surface area contributed by atoms with Gasteiger partial charge in [-0.1, -0.05) is 23.8 Å². The van der Waals surface area contributed by atoms with E-state index in [0.29, 0.717) is 5.56 Å². The highest BCUT2D eigenvalue weighted by molar-refractivity contribution is 6.07. The zero-order valence-electron chi connectivity index (χ0n) is 26.0. The first-order chi connectivity index (χ1) is 19.3. The van der Waals surface area contributed by atoms with Crippen molar-refractivity contribution in [2.45, 2.75) is 92.0 Å². The van der Waals surface area contributed by atoms with Crippen molar-refractivity contribution in [2.75, 3.05) is 18.5 Å². The number of Topliss-reactive ketones (excluding diaryl/α,β-unsaturated/α-hetero) is 1. The molecule has 1 aromatic rings. The second-order valence-electron chi connectivity index (χ2n) is 12.3. The van der Waals surface area contributed by atoms with Gasteiger partial charge in [-0.2, -0.15) is 4.99 Å². The van der Waals surface area contributed by atoms with Gasteiger partial charge in [-0.3, -0.25) is 14.9 Å². The van der Waals surface area contributed by atoms with Crippen molar-refractivity contribution in [3.63, 3.8) is 0 Å². The number of terminal acetylenes is 1. The number of hydrogen-bond donors (Lipinski definition) is 1. The van der Waals surface area contributed by atoms with E-state index in [1.807, 2.05) is 0 Å². The molecule has 0 aliphatic rings. The van der Waals surface area contributed by atoms with Crippen molar-refractivity contribution in [2.24, 2.45) is 10.9 Å². The van der Waals surface area contributed by atoms with Crippen LogP contribution in [-0.4, -0.2) is 60.2 Å². The number of nitrogens with zero attached hydrogens (tertiary/aromatic N) is 1. The fraction of sp³-hybridized carbons (Fsp3) is 0.531. The number of anilines is 1. The minimum absolute atomic E-state index is 0.114. The van der Waals surface area contributed by atoms with Gasteiger partial charge >= 0.3 is 18.2 Å². The molecule has 1 N–H and O–H groups in total. The normalized spacial score (nSPS) is 12.4. The van der Waals surface area contributed by atoms with Crippen molar-refractivity contribution in [1.82, 2.24) is 0 Å². The SMILES string of the molecule is C#CCOCC#CCc1ccc(NC(=O)OC(C)(C)C)c(C(=O)CC(C=NC(=O)OC(C)(C)C)C(=O)OC(C)(C)C)c1. The van der Waals surface area contributed by atoms with E-state index in [0.717, 1.165) is 6.21 Å². The van der Waals surface area contributed by atoms with E-state index in [1.54, 1.807) is 80.5 Å². The number of aliphatic imine (C=N–C) groups is 1. The molecule has 1 rings (SSSR count). The topological polar surface area (TPSA) is 130 Å². The third-order valence-electron chi connectivity index (χ3n) is 4.67. The molecule has 10 nitrogen and oxygen atoms in total. The zero-order valence-corrected chi connectivity index (χ0v) is 26.0. The van der Waals surface area contributed by atoms with Gasteiger partial charge in [-0.25, -0.2) is 9.59 Å². The number of esters is 1. The van der Waals surface area contributed by atoms with Crippen LogP contribution in [0.4, 0.5) is 15.3 Å². The standard InChI is InChI=1S/C32H42N2O8/c1-11-17-39-18-13-12-14-22-15-16-25(34-29(38)42-32(8,9)10)24(19-22)26(35)20-23(27(36)40-30(2,3)4)21-33-28(37)41-31(5,6)7/h1,15-16,19,21,23H,14,17-18,20H2,2-10H3,(H,34,38). The molecule has 0 aliphatic carbocycles. The molecule has 0 spiro atoms. The second-order valence-corrected chi connectivity index (χ2v) is 12.3. The van der Waals surface area contributed by atoms with Crippen LogP contribution < -0.4 is 5.32 Å². The van der Waals surface area contributed by atoms with Crippen molar-refractivity contribution < 1.29 is 38.1 Å². The lowest BCUT2D eigenvalue weighted by atomic mass is 9.95. The summed E-state index contributed by atoms with van der Waals surface area (Å²) in [5, 5.41) is 2.60. The Hall–Kier alpha value is -4.15. The summed E-state index contributed by atoms with van der Waals surface area (Å²) in [7, 11) is 0. The van der Waals surface area contributed by atoms with E-state index >= 15 is 0 Å². The van der Waals surface area contributed by atoms with Crippen LogP contribution in [0.3, 0.4) is 0 Å². The van der Waals surface area contributed by atoms with Crippen LogP contribution in [0.5, 0.6) is 0 Å². The molecular formula is C32H42N2O8. The predicted octanol–water partition coefficient (Wildman–Crippen LogP) is 5.77. The van der Waals surface area contributed by atoms with Gasteiger partial charge in [0.25, 0.3) is 0 Å². The zero-order chi connectivity index (χ0) is 32.1. The Morgan fingerprint density at radius 1 is 0.905 bits per heavy atom. The third-order valence-corrected chi connectivity index (χ3v) is 4.67. The first kappa shape index (κ1) is 35.9. The average Bonchev–Trinajstić information content (AvgIpc) is 2.81. The van der Waals surface area contributed by atoms with Crippen LogP contribution in [0.15, 0.2) is 23.2 Å². The van der Waals surface area contributed by atoms with Crippen molar-refractivity contribution in [3.05, 3.63) is 29.3 Å². The molecule has 42 heavy (non-hydrogen) atoms. The monoisotopic (exact) mass is 582 g/mol. The molecule has 0 bridgehead atoms. The van der Waals surface area contributed by atoms with E-state index in [2.05, 4.69) is 28.1 Å². The maximum atomic E-state index is 13.6. The van der Waals surface area contributed by atoms with E-state index in [4.69, 9.17) is 25.4 Å². The van der Waals surface area contributed by atoms with E-state index in [1.165, 1.54) is 0 Å². The molecule has 1 unspecified atom stereocenters. The van der Waals surface area contributed by atoms with Crippen LogP contribution >= 0.6 is 0 Å². The molecule has 0 fully saturated rings. The Bertz CT molecular complexity index is 1260. The number of ether oxygens (including phenoxy) is 4. The van der Waals surface area contributed by atoms with Crippen LogP contribution in [-0.2, 0) is 30.2 Å². The Morgan fingerprint density at radius 2 is 1.52 bits per heavy atom. The summed E-state index contributed by atoms with van der Waals surface area (Å²) in [5.41, 5.74) is -1.47. The lowest BCUT2D eigenvalue weighted by Crippen LogP contribution is -2.31. The highest BCUT2D eigenvalue weighted by Gasteiger charge is 2.29. The van der Waals surface area contributed by atoms with Gasteiger partial charge in [-0.15, -0.1) is 6.42 Å². The second kappa shape index (κ2) is 15.7. The minimum atomic E-state index is -1.21. The number of amides is 2. The van der Waals surface area contributed by atoms with E-state index < -0.39 is 53.1 Å². The van der Waals surface area contributed by atoms with Crippen LogP contribution in [0.25, 0.3) is 0 Å². The molecule has 1 aromatic carbocycles. The predicted molar refractivity (Wildman–Crippen MR) is 160 cm³/mol. The summed E-state index contributed by atoms with van der Waals surface area (Å²) in [5.74, 6) is 5.65. The first-order valence-corrected chi connectivity index (χ1v) is 13.4. The largest absolute Gasteiger partial charge is 0.459 e. The summed E-state index contributed by atoms with van der Waals surface area (Å²) in [6.07, 6.45) is 4.40. The summed E-state index contributed by atoms with van der Waals surface area (Å²) >= 11 is 0. The number of carbonyl (C=O) groups is 4. The molecule has 0 aromatic heterocycles. The summed E-state index contributed by atoms with van der Waals surface area (Å²) in [4.78, 5) is 55.1. The number of rotatable bonds is 9. The molecule has 10 heteroatoms. The summed E-state index contributed by atoms with van der Waals surface area (Å²) in [6.45, 7) is 15.5. The molecule has 0 saturated heterocycles. The highest BCUT2D eigenvalue weighted by Crippen LogP contribution is 2.24. The van der Waals surface area contributed by atoms with Crippen molar-refractivity contribution in [3.8, 4) is 24.2 Å². The molecular weight excluding hydrogens is 540 g/mol. The van der Waals surface area contributed by atoms with Gasteiger partial charge in [0.2, 0.25) is 0 Å². The van der Waals surface area contributed by atoms with Gasteiger partial charge in [0, 0.05) is 24.6 Å². The lowest BCUT2D eigenvalue weighted by molar-refractivity contribution is -0.157. The molecule has 0 heterocycles. The van der Waals surface area contributed by atoms with Crippen molar-refractivity contribution >= 4 is 35.8 Å². The van der Waals surface area contributed by atoms with E-state index in [9.17, 15) is 19.2 Å². The maximum absolute atomic E-state index is 13.6. The van der Waals surface area contributed by atoms with Gasteiger partial charge < -0.3 is 18.9 Å². The first-order valence-electron chi connectivity index (χ1n) is 13.4. The molecule has 2 amide bonds. The highest BCUT2D eigenvalue weighted by atomic mass is 16.6. The number of hydrogen-bond acceptors (Lipinski definition) is 8. The molecule has 1 atom stereocenters. The summed E-state index contributed by atoms with van der Waals surface area (Å²) in [6, 6.07) is 4.83. The number of benzene rings is 1. The molecule has 228 valence electrons. The molecule has 0 radical (unpaired) electrons.